The van der Waals surface area contributed by atoms with Crippen molar-refractivity contribution >= 4 is 35.2 Å². The van der Waals surface area contributed by atoms with Crippen LogP contribution >= 0.6 is 0 Å². The van der Waals surface area contributed by atoms with E-state index in [1.165, 1.54) is 4.90 Å². The number of methoxy groups -OCH3 is 1. The van der Waals surface area contributed by atoms with Gasteiger partial charge in [-0.2, -0.15) is 0 Å². The average Bonchev–Trinajstić information content (AvgIpc) is 2.95. The molecule has 0 saturated carbocycles. The molecule has 0 unspecified atom stereocenters. The van der Waals surface area contributed by atoms with Crippen LogP contribution in [0.15, 0.2) is 18.2 Å². The van der Waals surface area contributed by atoms with Crippen molar-refractivity contribution in [2.75, 3.05) is 51.1 Å². The highest BCUT2D eigenvalue weighted by Crippen LogP contribution is 2.27. The fourth-order valence-electron chi connectivity index (χ4n) is 4.39. The third-order valence-corrected chi connectivity index (χ3v) is 6.68. The number of nitrogens with zero attached hydrogens (tertiary/aromatic N) is 3. The maximum Gasteiger partial charge on any atom is 0.410 e. The van der Waals surface area contributed by atoms with Gasteiger partial charge in [-0.15, -0.1) is 0 Å². The Morgan fingerprint density at radius 2 is 1.84 bits per heavy atom. The summed E-state index contributed by atoms with van der Waals surface area (Å²) in [5, 5.41) is 9.54. The van der Waals surface area contributed by atoms with Crippen molar-refractivity contribution in [2.24, 2.45) is 5.73 Å². The zero-order valence-electron chi connectivity index (χ0n) is 26.0. The maximum atomic E-state index is 12.4. The molecular weight excluding hydrogens is 554 g/mol. The summed E-state index contributed by atoms with van der Waals surface area (Å²) in [4.78, 5) is 47.5. The number of rotatable bonds is 13. The molecule has 1 aromatic carbocycles. The Bertz CT molecular complexity index is 1270. The van der Waals surface area contributed by atoms with Gasteiger partial charge < -0.3 is 40.8 Å². The molecule has 1 aliphatic rings. The second kappa shape index (κ2) is 15.4. The molecule has 0 atom stereocenters. The number of ether oxygens (including phenoxy) is 3. The number of anilines is 3. The molecule has 2 aromatic rings. The van der Waals surface area contributed by atoms with Crippen LogP contribution in [0.4, 0.5) is 22.1 Å². The summed E-state index contributed by atoms with van der Waals surface area (Å²) in [6.45, 7) is 9.28. The number of aryl methyl sites for hydroxylation is 1. The van der Waals surface area contributed by atoms with E-state index in [-0.39, 0.29) is 36.4 Å². The number of primary amides is 1. The smallest absolute Gasteiger partial charge is 0.410 e. The molecule has 0 aliphatic carbocycles. The first-order chi connectivity index (χ1) is 20.4. The van der Waals surface area contributed by atoms with E-state index < -0.39 is 17.6 Å². The minimum atomic E-state index is -0.689. The van der Waals surface area contributed by atoms with Crippen molar-refractivity contribution in [3.8, 4) is 5.75 Å². The predicted octanol–water partition coefficient (Wildman–Crippen LogP) is 3.40. The van der Waals surface area contributed by atoms with E-state index in [2.05, 4.69) is 20.9 Å². The van der Waals surface area contributed by atoms with Gasteiger partial charge in [-0.05, 0) is 64.2 Å². The van der Waals surface area contributed by atoms with E-state index in [9.17, 15) is 14.4 Å². The number of aromatic nitrogens is 2. The Balaban J connectivity index is 1.67. The first kappa shape index (κ1) is 33.4. The van der Waals surface area contributed by atoms with Gasteiger partial charge in [0.25, 0.3) is 5.91 Å². The molecule has 0 radical (unpaired) electrons. The molecule has 5 N–H and O–H groups in total. The molecule has 13 heteroatoms. The minimum Gasteiger partial charge on any atom is -0.497 e. The van der Waals surface area contributed by atoms with Gasteiger partial charge in [-0.25, -0.2) is 14.8 Å². The summed E-state index contributed by atoms with van der Waals surface area (Å²) < 4.78 is 16.3. The van der Waals surface area contributed by atoms with Crippen LogP contribution in [0.5, 0.6) is 5.75 Å². The molecule has 1 aromatic heterocycles. The Morgan fingerprint density at radius 1 is 1.12 bits per heavy atom. The highest BCUT2D eigenvalue weighted by atomic mass is 16.6. The molecule has 3 rings (SSSR count). The van der Waals surface area contributed by atoms with Gasteiger partial charge in [-0.1, -0.05) is 6.92 Å². The highest BCUT2D eigenvalue weighted by Gasteiger charge is 2.22. The third kappa shape index (κ3) is 10.6. The minimum absolute atomic E-state index is 0.0439. The van der Waals surface area contributed by atoms with Gasteiger partial charge in [0, 0.05) is 57.6 Å². The molecular formula is C30H45N7O6. The van der Waals surface area contributed by atoms with Crippen LogP contribution in [0, 0.1) is 0 Å². The van der Waals surface area contributed by atoms with Gasteiger partial charge in [0.1, 0.15) is 11.4 Å². The largest absolute Gasteiger partial charge is 0.497 e. The number of hydrogen-bond donors (Lipinski definition) is 4. The van der Waals surface area contributed by atoms with Gasteiger partial charge in [-0.3, -0.25) is 9.59 Å². The van der Waals surface area contributed by atoms with E-state index in [1.54, 1.807) is 41.0 Å². The van der Waals surface area contributed by atoms with E-state index in [1.807, 2.05) is 19.1 Å². The molecule has 1 fully saturated rings. The van der Waals surface area contributed by atoms with Gasteiger partial charge in [0.05, 0.1) is 12.8 Å². The fourth-order valence-corrected chi connectivity index (χ4v) is 4.39. The van der Waals surface area contributed by atoms with Crippen molar-refractivity contribution in [2.45, 2.75) is 71.4 Å². The van der Waals surface area contributed by atoms with Crippen molar-refractivity contribution in [3.63, 3.8) is 0 Å². The third-order valence-electron chi connectivity index (χ3n) is 6.68. The van der Waals surface area contributed by atoms with Crippen molar-refractivity contribution in [3.05, 3.63) is 35.2 Å². The van der Waals surface area contributed by atoms with E-state index in [0.717, 1.165) is 18.4 Å². The molecule has 0 bridgehead atoms. The number of amides is 3. The van der Waals surface area contributed by atoms with Crippen LogP contribution < -0.4 is 26.4 Å². The Kier molecular flexibility index (Phi) is 11.9. The first-order valence-corrected chi connectivity index (χ1v) is 14.6. The molecule has 0 spiro atoms. The summed E-state index contributed by atoms with van der Waals surface area (Å²) in [5.74, 6) is 0.555. The van der Waals surface area contributed by atoms with Crippen LogP contribution in [0.1, 0.15) is 68.7 Å². The summed E-state index contributed by atoms with van der Waals surface area (Å²) >= 11 is 0. The quantitative estimate of drug-likeness (QED) is 0.268. The lowest BCUT2D eigenvalue weighted by Crippen LogP contribution is -2.36. The SMILES string of the molecule is CCc1nc(C(N)=O)c(Nc2cc(CCNC(=O)CCN(C)C(=O)OC(C)(C)C)cc(OC)c2)nc1NC1CCOCC1. The standard InChI is InChI=1S/C30H45N7O6/c1-7-23-27(33-20-10-14-42-15-11-20)36-28(25(35-23)26(31)39)34-21-16-19(17-22(18-21)41-6)8-12-32-24(38)9-13-37(5)29(40)43-30(2,3)4/h16-18,20H,7-15H2,1-6H3,(H2,31,39)(H,32,38)(H2,33,34,36). The normalized spacial score (nSPS) is 13.6. The topological polar surface area (TPSA) is 170 Å². The van der Waals surface area contributed by atoms with E-state index in [4.69, 9.17) is 24.9 Å². The number of carbonyl (C=O) groups excluding carboxylic acids is 3. The molecule has 3 amide bonds. The molecule has 1 saturated heterocycles. The molecule has 43 heavy (non-hydrogen) atoms. The van der Waals surface area contributed by atoms with Crippen LogP contribution in [-0.4, -0.2) is 84.9 Å². The lowest BCUT2D eigenvalue weighted by molar-refractivity contribution is -0.121. The average molecular weight is 600 g/mol. The number of nitrogens with two attached hydrogens (primary N) is 1. The zero-order valence-corrected chi connectivity index (χ0v) is 26.0. The van der Waals surface area contributed by atoms with E-state index >= 15 is 0 Å². The number of hydrogen-bond acceptors (Lipinski definition) is 10. The van der Waals surface area contributed by atoms with Crippen LogP contribution in [0.2, 0.25) is 0 Å². The Labute approximate surface area is 253 Å². The molecule has 236 valence electrons. The maximum absolute atomic E-state index is 12.4. The lowest BCUT2D eigenvalue weighted by atomic mass is 10.1. The van der Waals surface area contributed by atoms with Crippen molar-refractivity contribution in [1.29, 1.82) is 0 Å². The lowest BCUT2D eigenvalue weighted by Gasteiger charge is -2.25. The Morgan fingerprint density at radius 3 is 2.47 bits per heavy atom. The monoisotopic (exact) mass is 599 g/mol. The summed E-state index contributed by atoms with van der Waals surface area (Å²) in [6.07, 6.45) is 2.46. The predicted molar refractivity (Wildman–Crippen MR) is 164 cm³/mol. The summed E-state index contributed by atoms with van der Waals surface area (Å²) in [7, 11) is 3.16. The van der Waals surface area contributed by atoms with Gasteiger partial charge in [0.15, 0.2) is 17.3 Å². The van der Waals surface area contributed by atoms with E-state index in [0.29, 0.717) is 55.5 Å². The molecule has 1 aliphatic heterocycles. The van der Waals surface area contributed by atoms with Crippen LogP contribution in [0.3, 0.4) is 0 Å². The number of carbonyl (C=O) groups is 3. The second-order valence-corrected chi connectivity index (χ2v) is 11.4. The van der Waals surface area contributed by atoms with Gasteiger partial charge in [0.2, 0.25) is 5.91 Å². The Hall–Kier alpha value is -4.13. The highest BCUT2D eigenvalue weighted by molar-refractivity contribution is 5.96. The zero-order chi connectivity index (χ0) is 31.6. The van der Waals surface area contributed by atoms with Crippen molar-refractivity contribution < 1.29 is 28.6 Å². The van der Waals surface area contributed by atoms with Crippen LogP contribution in [0.25, 0.3) is 0 Å². The van der Waals surface area contributed by atoms with Crippen LogP contribution in [-0.2, 0) is 27.1 Å². The fraction of sp³-hybridized carbons (Fsp3) is 0.567. The summed E-state index contributed by atoms with van der Waals surface area (Å²) in [5.41, 5.74) is 7.28. The first-order valence-electron chi connectivity index (χ1n) is 14.6. The number of benzene rings is 1. The molecule has 13 nitrogen and oxygen atoms in total. The van der Waals surface area contributed by atoms with Crippen molar-refractivity contribution in [1.82, 2.24) is 20.2 Å². The summed E-state index contributed by atoms with van der Waals surface area (Å²) in [6, 6.07) is 5.72. The van der Waals surface area contributed by atoms with Gasteiger partial charge >= 0.3 is 6.09 Å². The second-order valence-electron chi connectivity index (χ2n) is 11.4. The number of nitrogens with one attached hydrogen (secondary N) is 3. The molecule has 2 heterocycles.